The number of hydrogen-bond donors (Lipinski definition) is 0. The molecule has 1 saturated heterocycles. The smallest absolute Gasteiger partial charge is 0.0589 e. The molecule has 0 radical (unpaired) electrons. The maximum atomic E-state index is 5.30. The minimum Gasteiger partial charge on any atom is -0.383 e. The maximum Gasteiger partial charge on any atom is 0.0589 e. The Morgan fingerprint density at radius 1 is 1.08 bits per heavy atom. The highest BCUT2D eigenvalue weighted by molar-refractivity contribution is 5.27. The highest BCUT2D eigenvalue weighted by Crippen LogP contribution is 2.42. The highest BCUT2D eigenvalue weighted by atomic mass is 16.5. The fraction of sp³-hybridized carbons (Fsp3) is 0.739. The van der Waals surface area contributed by atoms with E-state index in [1.807, 2.05) is 0 Å². The van der Waals surface area contributed by atoms with Gasteiger partial charge in [0.2, 0.25) is 0 Å². The van der Waals surface area contributed by atoms with Crippen molar-refractivity contribution in [2.24, 2.45) is 5.92 Å². The third-order valence-corrected chi connectivity index (χ3v) is 6.28. The quantitative estimate of drug-likeness (QED) is 0.679. The van der Waals surface area contributed by atoms with E-state index in [4.69, 9.17) is 4.74 Å². The molecule has 146 valence electrons. The van der Waals surface area contributed by atoms with Crippen molar-refractivity contribution in [2.45, 2.75) is 64.5 Å². The molecule has 0 N–H and O–H groups in total. The Labute approximate surface area is 160 Å². The number of rotatable bonds is 8. The van der Waals surface area contributed by atoms with E-state index in [0.717, 1.165) is 31.5 Å². The Hall–Kier alpha value is -0.900. The first-order valence-electron chi connectivity index (χ1n) is 10.5. The molecular formula is C23H38N2O. The lowest BCUT2D eigenvalue weighted by Gasteiger charge is -2.43. The zero-order valence-corrected chi connectivity index (χ0v) is 17.3. The van der Waals surface area contributed by atoms with Gasteiger partial charge in [0.15, 0.2) is 0 Å². The Morgan fingerprint density at radius 2 is 1.73 bits per heavy atom. The summed E-state index contributed by atoms with van der Waals surface area (Å²) in [5.74, 6) is 1.60. The van der Waals surface area contributed by atoms with Crippen LogP contribution < -0.4 is 0 Å². The summed E-state index contributed by atoms with van der Waals surface area (Å²) in [4.78, 5) is 5.17. The van der Waals surface area contributed by atoms with E-state index in [9.17, 15) is 0 Å². The molecule has 26 heavy (non-hydrogen) atoms. The first kappa shape index (κ1) is 19.9. The van der Waals surface area contributed by atoms with Crippen LogP contribution in [-0.4, -0.2) is 55.2 Å². The van der Waals surface area contributed by atoms with Crippen molar-refractivity contribution in [3.63, 3.8) is 0 Å². The summed E-state index contributed by atoms with van der Waals surface area (Å²) >= 11 is 0. The van der Waals surface area contributed by atoms with Gasteiger partial charge in [-0.15, -0.1) is 0 Å². The van der Waals surface area contributed by atoms with E-state index < -0.39 is 0 Å². The lowest BCUT2D eigenvalue weighted by molar-refractivity contribution is 0.0533. The molecule has 0 aromatic heterocycles. The van der Waals surface area contributed by atoms with Crippen molar-refractivity contribution in [2.75, 3.05) is 39.9 Å². The molecule has 2 fully saturated rings. The number of nitrogens with zero attached hydrogens (tertiary/aromatic N) is 2. The normalized spacial score (nSPS) is 24.2. The molecule has 2 aliphatic rings. The lowest BCUT2D eigenvalue weighted by Crippen LogP contribution is -2.47. The van der Waals surface area contributed by atoms with E-state index in [0.29, 0.717) is 0 Å². The summed E-state index contributed by atoms with van der Waals surface area (Å²) < 4.78 is 5.30. The maximum absolute atomic E-state index is 5.30. The van der Waals surface area contributed by atoms with Gasteiger partial charge in [0.05, 0.1) is 6.61 Å². The van der Waals surface area contributed by atoms with Crippen LogP contribution in [0.25, 0.3) is 0 Å². The Morgan fingerprint density at radius 3 is 2.31 bits per heavy atom. The molecule has 0 amide bonds. The van der Waals surface area contributed by atoms with Gasteiger partial charge in [-0.2, -0.15) is 0 Å². The van der Waals surface area contributed by atoms with Crippen LogP contribution in [0.5, 0.6) is 0 Å². The number of ether oxygens (including phenoxy) is 1. The average Bonchev–Trinajstić information content (AvgIpc) is 3.06. The summed E-state index contributed by atoms with van der Waals surface area (Å²) in [5.41, 5.74) is 3.25. The van der Waals surface area contributed by atoms with Gasteiger partial charge in [-0.1, -0.05) is 24.3 Å². The second-order valence-electron chi connectivity index (χ2n) is 9.37. The third-order valence-electron chi connectivity index (χ3n) is 6.28. The molecule has 1 aliphatic carbocycles. The second kappa shape index (κ2) is 8.86. The fourth-order valence-corrected chi connectivity index (χ4v) is 4.46. The van der Waals surface area contributed by atoms with Crippen molar-refractivity contribution in [1.82, 2.24) is 9.80 Å². The second-order valence-corrected chi connectivity index (χ2v) is 9.37. The summed E-state index contributed by atoms with van der Waals surface area (Å²) in [6, 6.07) is 9.50. The average molecular weight is 359 g/mol. The molecule has 3 rings (SSSR count). The molecule has 1 heterocycles. The largest absolute Gasteiger partial charge is 0.383 e. The van der Waals surface area contributed by atoms with Crippen LogP contribution in [0, 0.1) is 5.92 Å². The van der Waals surface area contributed by atoms with Crippen LogP contribution in [0.1, 0.15) is 63.5 Å². The van der Waals surface area contributed by atoms with Crippen molar-refractivity contribution >= 4 is 0 Å². The van der Waals surface area contributed by atoms with Gasteiger partial charge < -0.3 is 4.74 Å². The standard InChI is InChI=1S/C23H38N2O/c1-23(2,3)25(13-14-26-4)18-20-15-22(16-20)21-9-7-19(8-10-21)17-24-11-5-6-12-24/h7-10,20,22H,5-6,11-18H2,1-4H3. The molecule has 0 bridgehead atoms. The van der Waals surface area contributed by atoms with Crippen molar-refractivity contribution in [3.8, 4) is 0 Å². The van der Waals surface area contributed by atoms with Gasteiger partial charge in [0.25, 0.3) is 0 Å². The predicted molar refractivity (Wildman–Crippen MR) is 110 cm³/mol. The molecule has 3 heteroatoms. The fourth-order valence-electron chi connectivity index (χ4n) is 4.46. The van der Waals surface area contributed by atoms with Crippen molar-refractivity contribution in [3.05, 3.63) is 35.4 Å². The van der Waals surface area contributed by atoms with Crippen LogP contribution in [0.15, 0.2) is 24.3 Å². The molecule has 0 atom stereocenters. The van der Waals surface area contributed by atoms with Crippen LogP contribution in [0.2, 0.25) is 0 Å². The van der Waals surface area contributed by atoms with Crippen LogP contribution in [0.3, 0.4) is 0 Å². The first-order valence-corrected chi connectivity index (χ1v) is 10.5. The zero-order chi connectivity index (χ0) is 18.6. The number of methoxy groups -OCH3 is 1. The minimum absolute atomic E-state index is 0.223. The van der Waals surface area contributed by atoms with Gasteiger partial charge in [-0.05, 0) is 82.5 Å². The number of benzene rings is 1. The van der Waals surface area contributed by atoms with E-state index >= 15 is 0 Å². The van der Waals surface area contributed by atoms with Crippen LogP contribution in [0.4, 0.5) is 0 Å². The summed E-state index contributed by atoms with van der Waals surface area (Å²) in [5, 5.41) is 0. The van der Waals surface area contributed by atoms with Crippen molar-refractivity contribution < 1.29 is 4.74 Å². The van der Waals surface area contributed by atoms with E-state index in [2.05, 4.69) is 54.8 Å². The summed E-state index contributed by atoms with van der Waals surface area (Å²) in [6.07, 6.45) is 5.42. The van der Waals surface area contributed by atoms with Gasteiger partial charge in [-0.25, -0.2) is 0 Å². The van der Waals surface area contributed by atoms with Crippen LogP contribution >= 0.6 is 0 Å². The monoisotopic (exact) mass is 358 g/mol. The third kappa shape index (κ3) is 5.31. The van der Waals surface area contributed by atoms with Gasteiger partial charge in [0, 0.05) is 32.3 Å². The Bertz CT molecular complexity index is 536. The van der Waals surface area contributed by atoms with Crippen molar-refractivity contribution in [1.29, 1.82) is 0 Å². The number of likely N-dealkylation sites (tertiary alicyclic amines) is 1. The Kier molecular flexibility index (Phi) is 6.76. The molecule has 1 aromatic carbocycles. The number of hydrogen-bond acceptors (Lipinski definition) is 3. The predicted octanol–water partition coefficient (Wildman–Crippen LogP) is 4.52. The summed E-state index contributed by atoms with van der Waals surface area (Å²) in [7, 11) is 1.80. The molecule has 3 nitrogen and oxygen atoms in total. The Balaban J connectivity index is 1.46. The van der Waals surface area contributed by atoms with Gasteiger partial charge >= 0.3 is 0 Å². The highest BCUT2D eigenvalue weighted by Gasteiger charge is 2.33. The zero-order valence-electron chi connectivity index (χ0n) is 17.3. The molecule has 0 spiro atoms. The topological polar surface area (TPSA) is 15.7 Å². The molecule has 1 saturated carbocycles. The SMILES string of the molecule is COCCN(CC1CC(c2ccc(CN3CCCC3)cc2)C1)C(C)(C)C. The van der Waals surface area contributed by atoms with Crippen LogP contribution in [-0.2, 0) is 11.3 Å². The van der Waals surface area contributed by atoms with E-state index in [1.165, 1.54) is 50.9 Å². The van der Waals surface area contributed by atoms with E-state index in [1.54, 1.807) is 12.7 Å². The summed E-state index contributed by atoms with van der Waals surface area (Å²) in [6.45, 7) is 13.7. The first-order chi connectivity index (χ1) is 12.5. The molecule has 1 aliphatic heterocycles. The van der Waals surface area contributed by atoms with E-state index in [-0.39, 0.29) is 5.54 Å². The molecule has 0 unspecified atom stereocenters. The molecular weight excluding hydrogens is 320 g/mol. The lowest BCUT2D eigenvalue weighted by atomic mass is 9.71. The molecule has 1 aromatic rings. The van der Waals surface area contributed by atoms with Gasteiger partial charge in [-0.3, -0.25) is 9.80 Å². The minimum atomic E-state index is 0.223. The van der Waals surface area contributed by atoms with Gasteiger partial charge in [0.1, 0.15) is 0 Å².